The van der Waals surface area contributed by atoms with E-state index in [2.05, 4.69) is 27.2 Å². The molecular weight excluding hydrogens is 308 g/mol. The third kappa shape index (κ3) is 2.88. The largest absolute Gasteiger partial charge is 0.345 e. The molecule has 0 radical (unpaired) electrons. The Morgan fingerprint density at radius 1 is 1.52 bits per heavy atom. The Bertz CT molecular complexity index is 673. The van der Waals surface area contributed by atoms with E-state index in [-0.39, 0.29) is 11.9 Å². The number of nitrogens with zero attached hydrogens (tertiary/aromatic N) is 1. The first-order chi connectivity index (χ1) is 10.2. The van der Waals surface area contributed by atoms with Crippen molar-refractivity contribution in [3.63, 3.8) is 0 Å². The molecule has 2 aromatic rings. The van der Waals surface area contributed by atoms with Gasteiger partial charge in [-0.1, -0.05) is 11.6 Å². The van der Waals surface area contributed by atoms with Crippen LogP contribution in [0.1, 0.15) is 39.7 Å². The Labute approximate surface area is 131 Å². The summed E-state index contributed by atoms with van der Waals surface area (Å²) in [6.07, 6.45) is 4.62. The highest BCUT2D eigenvalue weighted by Gasteiger charge is 2.23. The summed E-state index contributed by atoms with van der Waals surface area (Å²) in [5.74, 6) is 5.45. The lowest BCUT2D eigenvalue weighted by atomic mass is 9.94. The van der Waals surface area contributed by atoms with E-state index in [1.165, 1.54) is 16.6 Å². The number of rotatable bonds is 3. The van der Waals surface area contributed by atoms with Crippen molar-refractivity contribution in [2.45, 2.75) is 25.3 Å². The van der Waals surface area contributed by atoms with Gasteiger partial charge in [-0.15, -0.1) is 11.3 Å². The molecule has 1 amide bonds. The number of thiophene rings is 1. The Balaban J connectivity index is 1.77. The predicted octanol–water partition coefficient (Wildman–Crippen LogP) is 2.89. The fourth-order valence-corrected chi connectivity index (χ4v) is 3.75. The van der Waals surface area contributed by atoms with Gasteiger partial charge in [0.15, 0.2) is 5.82 Å². The molecule has 4 N–H and O–H groups in total. The van der Waals surface area contributed by atoms with Crippen molar-refractivity contribution in [2.75, 3.05) is 5.43 Å². The van der Waals surface area contributed by atoms with Gasteiger partial charge in [-0.2, -0.15) is 0 Å². The van der Waals surface area contributed by atoms with Crippen molar-refractivity contribution in [1.82, 2.24) is 10.3 Å². The first-order valence-electron chi connectivity index (χ1n) is 6.68. The van der Waals surface area contributed by atoms with Crippen molar-refractivity contribution in [3.05, 3.63) is 44.7 Å². The molecule has 0 aliphatic heterocycles. The molecule has 2 aromatic heterocycles. The van der Waals surface area contributed by atoms with Gasteiger partial charge < -0.3 is 10.7 Å². The van der Waals surface area contributed by atoms with E-state index in [0.717, 1.165) is 19.3 Å². The molecule has 5 nitrogen and oxygen atoms in total. The highest BCUT2D eigenvalue weighted by Crippen LogP contribution is 2.33. The normalized spacial score (nSPS) is 17.1. The molecular formula is C14H15ClN4OS. The van der Waals surface area contributed by atoms with Crippen molar-refractivity contribution in [3.8, 4) is 0 Å². The lowest BCUT2D eigenvalue weighted by Gasteiger charge is -2.23. The Morgan fingerprint density at radius 2 is 2.38 bits per heavy atom. The average Bonchev–Trinajstić information content (AvgIpc) is 2.96. The van der Waals surface area contributed by atoms with Gasteiger partial charge in [0.25, 0.3) is 5.91 Å². The van der Waals surface area contributed by atoms with Crippen molar-refractivity contribution in [1.29, 1.82) is 0 Å². The zero-order chi connectivity index (χ0) is 14.8. The SMILES string of the molecule is NNc1ncc(C(=O)NC2CCCc3sccc32)cc1Cl. The minimum atomic E-state index is -0.169. The summed E-state index contributed by atoms with van der Waals surface area (Å²) in [5, 5.41) is 5.46. The van der Waals surface area contributed by atoms with Crippen molar-refractivity contribution < 1.29 is 4.79 Å². The number of carbonyl (C=O) groups excluding carboxylic acids is 1. The zero-order valence-electron chi connectivity index (χ0n) is 11.2. The van der Waals surface area contributed by atoms with Gasteiger partial charge in [0.1, 0.15) is 0 Å². The Hall–Kier alpha value is -1.63. The molecule has 1 atom stereocenters. The second kappa shape index (κ2) is 6.01. The number of anilines is 1. The fourth-order valence-electron chi connectivity index (χ4n) is 2.55. The minimum absolute atomic E-state index is 0.0681. The van der Waals surface area contributed by atoms with Crippen LogP contribution in [-0.2, 0) is 6.42 Å². The molecule has 0 saturated carbocycles. The van der Waals surface area contributed by atoms with Crippen LogP contribution in [0.3, 0.4) is 0 Å². The number of aromatic nitrogens is 1. The van der Waals surface area contributed by atoms with Gasteiger partial charge >= 0.3 is 0 Å². The third-order valence-electron chi connectivity index (χ3n) is 3.60. The van der Waals surface area contributed by atoms with E-state index in [1.807, 2.05) is 0 Å². The standard InChI is InChI=1S/C14H15ClN4OS/c15-10-6-8(7-17-13(10)19-16)14(20)18-11-2-1-3-12-9(11)4-5-21-12/h4-7,11H,1-3,16H2,(H,17,19)(H,18,20). The lowest BCUT2D eigenvalue weighted by molar-refractivity contribution is 0.0932. The summed E-state index contributed by atoms with van der Waals surface area (Å²) in [7, 11) is 0. The smallest absolute Gasteiger partial charge is 0.253 e. The van der Waals surface area contributed by atoms with E-state index < -0.39 is 0 Å². The van der Waals surface area contributed by atoms with Crippen LogP contribution < -0.4 is 16.6 Å². The molecule has 21 heavy (non-hydrogen) atoms. The van der Waals surface area contributed by atoms with Gasteiger partial charge in [-0.25, -0.2) is 10.8 Å². The van der Waals surface area contributed by atoms with Crippen LogP contribution in [0.15, 0.2) is 23.7 Å². The van der Waals surface area contributed by atoms with Crippen LogP contribution in [0, 0.1) is 0 Å². The second-order valence-corrected chi connectivity index (χ2v) is 6.32. The lowest BCUT2D eigenvalue weighted by Crippen LogP contribution is -2.30. The Kier molecular flexibility index (Phi) is 4.10. The third-order valence-corrected chi connectivity index (χ3v) is 4.88. The molecule has 2 heterocycles. The highest BCUT2D eigenvalue weighted by molar-refractivity contribution is 7.10. The van der Waals surface area contributed by atoms with Crippen LogP contribution in [0.2, 0.25) is 5.02 Å². The molecule has 1 aliphatic rings. The molecule has 110 valence electrons. The van der Waals surface area contributed by atoms with E-state index in [4.69, 9.17) is 17.4 Å². The number of nitrogens with two attached hydrogens (primary N) is 1. The van der Waals surface area contributed by atoms with Crippen LogP contribution >= 0.6 is 22.9 Å². The van der Waals surface area contributed by atoms with Gasteiger partial charge in [0.05, 0.1) is 16.6 Å². The number of nitrogens with one attached hydrogen (secondary N) is 2. The molecule has 0 fully saturated rings. The van der Waals surface area contributed by atoms with E-state index in [0.29, 0.717) is 16.4 Å². The number of halogens is 1. The predicted molar refractivity (Wildman–Crippen MR) is 84.5 cm³/mol. The molecule has 0 bridgehead atoms. The number of pyridine rings is 1. The number of carbonyl (C=O) groups is 1. The van der Waals surface area contributed by atoms with Gasteiger partial charge in [-0.3, -0.25) is 4.79 Å². The summed E-state index contributed by atoms with van der Waals surface area (Å²) in [6.45, 7) is 0. The molecule has 0 aromatic carbocycles. The topological polar surface area (TPSA) is 80.0 Å². The maximum atomic E-state index is 12.3. The number of hydrazine groups is 1. The number of amides is 1. The highest BCUT2D eigenvalue weighted by atomic mass is 35.5. The molecule has 3 rings (SSSR count). The first kappa shape index (κ1) is 14.3. The Morgan fingerprint density at radius 3 is 3.14 bits per heavy atom. The minimum Gasteiger partial charge on any atom is -0.345 e. The van der Waals surface area contributed by atoms with E-state index in [9.17, 15) is 4.79 Å². The summed E-state index contributed by atoms with van der Waals surface area (Å²) < 4.78 is 0. The maximum Gasteiger partial charge on any atom is 0.253 e. The van der Waals surface area contributed by atoms with Gasteiger partial charge in [0.2, 0.25) is 0 Å². The van der Waals surface area contributed by atoms with Crippen molar-refractivity contribution in [2.24, 2.45) is 5.84 Å². The maximum absolute atomic E-state index is 12.3. The van der Waals surface area contributed by atoms with Gasteiger partial charge in [-0.05, 0) is 42.3 Å². The van der Waals surface area contributed by atoms with Crippen LogP contribution in [-0.4, -0.2) is 10.9 Å². The molecule has 0 saturated heterocycles. The van der Waals surface area contributed by atoms with Crippen molar-refractivity contribution >= 4 is 34.7 Å². The quantitative estimate of drug-likeness (QED) is 0.599. The summed E-state index contributed by atoms with van der Waals surface area (Å²) in [6, 6.07) is 3.73. The molecule has 1 unspecified atom stereocenters. The van der Waals surface area contributed by atoms with Crippen LogP contribution in [0.4, 0.5) is 5.82 Å². The number of nitrogen functional groups attached to an aromatic ring is 1. The summed E-state index contributed by atoms with van der Waals surface area (Å²) in [4.78, 5) is 17.7. The molecule has 0 spiro atoms. The monoisotopic (exact) mass is 322 g/mol. The number of hydrogen-bond acceptors (Lipinski definition) is 5. The zero-order valence-corrected chi connectivity index (χ0v) is 12.8. The van der Waals surface area contributed by atoms with E-state index in [1.54, 1.807) is 17.4 Å². The number of aryl methyl sites for hydroxylation is 1. The second-order valence-electron chi connectivity index (χ2n) is 4.92. The molecule has 1 aliphatic carbocycles. The van der Waals surface area contributed by atoms with Gasteiger partial charge in [0, 0.05) is 11.1 Å². The summed E-state index contributed by atoms with van der Waals surface area (Å²) >= 11 is 7.75. The first-order valence-corrected chi connectivity index (χ1v) is 7.94. The number of hydrogen-bond donors (Lipinski definition) is 3. The van der Waals surface area contributed by atoms with E-state index >= 15 is 0 Å². The average molecular weight is 323 g/mol. The number of fused-ring (bicyclic) bond motifs is 1. The van der Waals surface area contributed by atoms with Crippen LogP contribution in [0.5, 0.6) is 0 Å². The fraction of sp³-hybridized carbons (Fsp3) is 0.286. The van der Waals surface area contributed by atoms with Crippen LogP contribution in [0.25, 0.3) is 0 Å². The summed E-state index contributed by atoms with van der Waals surface area (Å²) in [5.41, 5.74) is 4.05. The molecule has 7 heteroatoms.